The molecule has 0 aliphatic rings. The predicted octanol–water partition coefficient (Wildman–Crippen LogP) is 1.50. The van der Waals surface area contributed by atoms with Crippen LogP contribution >= 0.6 is 0 Å². The second-order valence-corrected chi connectivity index (χ2v) is 5.54. The molecule has 0 rings (SSSR count). The highest BCUT2D eigenvalue weighted by atomic mass is 16.2. The average molecular weight is 313 g/mol. The van der Waals surface area contributed by atoms with E-state index in [2.05, 4.69) is 16.0 Å². The lowest BCUT2D eigenvalue weighted by atomic mass is 10.1. The van der Waals surface area contributed by atoms with Crippen LogP contribution in [-0.2, 0) is 14.4 Å². The van der Waals surface area contributed by atoms with Gasteiger partial charge in [-0.2, -0.15) is 0 Å². The van der Waals surface area contributed by atoms with Crippen molar-refractivity contribution in [3.63, 3.8) is 0 Å². The molecular formula is C16H31N3O3. The van der Waals surface area contributed by atoms with Gasteiger partial charge in [-0.3, -0.25) is 14.4 Å². The normalized spacial score (nSPS) is 10.1. The first-order chi connectivity index (χ1) is 10.5. The maximum Gasteiger partial charge on any atom is 0.219 e. The molecule has 0 heterocycles. The summed E-state index contributed by atoms with van der Waals surface area (Å²) in [6.07, 6.45) is 7.40. The Morgan fingerprint density at radius 2 is 1.00 bits per heavy atom. The molecule has 3 amide bonds. The minimum Gasteiger partial charge on any atom is -0.356 e. The molecule has 0 saturated carbocycles. The summed E-state index contributed by atoms with van der Waals surface area (Å²) in [4.78, 5) is 32.9. The Morgan fingerprint density at radius 3 is 1.45 bits per heavy atom. The lowest BCUT2D eigenvalue weighted by Crippen LogP contribution is -2.24. The molecule has 0 radical (unpaired) electrons. The Morgan fingerprint density at radius 1 is 0.591 bits per heavy atom. The molecule has 128 valence electrons. The molecule has 0 aromatic rings. The fourth-order valence-corrected chi connectivity index (χ4v) is 2.04. The molecule has 0 saturated heterocycles. The highest BCUT2D eigenvalue weighted by Crippen LogP contribution is 2.00. The molecule has 0 aliphatic carbocycles. The van der Waals surface area contributed by atoms with E-state index >= 15 is 0 Å². The van der Waals surface area contributed by atoms with E-state index in [1.807, 2.05) is 0 Å². The van der Waals surface area contributed by atoms with Crippen LogP contribution in [0.4, 0.5) is 0 Å². The molecule has 0 spiro atoms. The average Bonchev–Trinajstić information content (AvgIpc) is 2.44. The van der Waals surface area contributed by atoms with Gasteiger partial charge in [-0.25, -0.2) is 0 Å². The molecule has 0 aromatic carbocycles. The molecular weight excluding hydrogens is 282 g/mol. The topological polar surface area (TPSA) is 87.3 Å². The zero-order valence-corrected chi connectivity index (χ0v) is 14.0. The lowest BCUT2D eigenvalue weighted by Gasteiger charge is -2.06. The highest BCUT2D eigenvalue weighted by Gasteiger charge is 2.00. The SMILES string of the molecule is CC(=O)NCCCCCCNC(=O)CCCCCNC(C)=O. The van der Waals surface area contributed by atoms with Gasteiger partial charge in [-0.1, -0.05) is 19.3 Å². The number of nitrogens with one attached hydrogen (secondary N) is 3. The molecule has 6 heteroatoms. The minimum atomic E-state index is -0.00480. The molecule has 0 bridgehead atoms. The maximum atomic E-state index is 11.6. The fourth-order valence-electron chi connectivity index (χ4n) is 2.04. The van der Waals surface area contributed by atoms with Gasteiger partial charge in [0, 0.05) is 39.9 Å². The third-order valence-electron chi connectivity index (χ3n) is 3.25. The Balaban J connectivity index is 3.22. The van der Waals surface area contributed by atoms with E-state index in [0.29, 0.717) is 13.0 Å². The number of unbranched alkanes of at least 4 members (excludes halogenated alkanes) is 5. The number of carbonyl (C=O) groups excluding carboxylic acids is 3. The standard InChI is InChI=1S/C16H31N3O3/c1-14(20)17-11-7-3-4-8-13-19-16(22)10-6-5-9-12-18-15(2)21/h3-13H2,1-2H3,(H,17,20)(H,18,21)(H,19,22). The largest absolute Gasteiger partial charge is 0.356 e. The van der Waals surface area contributed by atoms with Crippen molar-refractivity contribution in [3.05, 3.63) is 0 Å². The van der Waals surface area contributed by atoms with Crippen LogP contribution in [0.1, 0.15) is 65.2 Å². The van der Waals surface area contributed by atoms with Gasteiger partial charge in [0.1, 0.15) is 0 Å². The number of carbonyl (C=O) groups is 3. The fraction of sp³-hybridized carbons (Fsp3) is 0.812. The van der Waals surface area contributed by atoms with Gasteiger partial charge in [0.15, 0.2) is 0 Å². The van der Waals surface area contributed by atoms with E-state index in [-0.39, 0.29) is 17.7 Å². The van der Waals surface area contributed by atoms with Gasteiger partial charge < -0.3 is 16.0 Å². The summed E-state index contributed by atoms with van der Waals surface area (Å²) in [5, 5.41) is 8.43. The number of amides is 3. The molecule has 0 aliphatic heterocycles. The molecule has 3 N–H and O–H groups in total. The minimum absolute atomic E-state index is 0.00480. The molecule has 22 heavy (non-hydrogen) atoms. The van der Waals surface area contributed by atoms with Gasteiger partial charge in [-0.15, -0.1) is 0 Å². The summed E-state index contributed by atoms with van der Waals surface area (Å²) in [5.41, 5.74) is 0. The van der Waals surface area contributed by atoms with Crippen LogP contribution in [0.15, 0.2) is 0 Å². The summed E-state index contributed by atoms with van der Waals surface area (Å²) in [6, 6.07) is 0. The maximum absolute atomic E-state index is 11.6. The zero-order valence-electron chi connectivity index (χ0n) is 14.0. The first-order valence-corrected chi connectivity index (χ1v) is 8.28. The van der Waals surface area contributed by atoms with Crippen LogP contribution < -0.4 is 16.0 Å². The summed E-state index contributed by atoms with van der Waals surface area (Å²) in [7, 11) is 0. The quantitative estimate of drug-likeness (QED) is 0.450. The summed E-state index contributed by atoms with van der Waals surface area (Å²) < 4.78 is 0. The van der Waals surface area contributed by atoms with Gasteiger partial charge in [0.05, 0.1) is 0 Å². The lowest BCUT2D eigenvalue weighted by molar-refractivity contribution is -0.121. The first-order valence-electron chi connectivity index (χ1n) is 8.28. The molecule has 0 fully saturated rings. The number of rotatable bonds is 13. The van der Waals surface area contributed by atoms with Gasteiger partial charge in [0.25, 0.3) is 0 Å². The van der Waals surface area contributed by atoms with Crippen LogP contribution in [0.25, 0.3) is 0 Å². The van der Waals surface area contributed by atoms with E-state index in [1.54, 1.807) is 0 Å². The van der Waals surface area contributed by atoms with E-state index < -0.39 is 0 Å². The van der Waals surface area contributed by atoms with Crippen LogP contribution in [0.3, 0.4) is 0 Å². The predicted molar refractivity (Wildman–Crippen MR) is 87.3 cm³/mol. The van der Waals surface area contributed by atoms with Crippen molar-refractivity contribution in [3.8, 4) is 0 Å². The van der Waals surface area contributed by atoms with Crippen molar-refractivity contribution in [2.24, 2.45) is 0 Å². The monoisotopic (exact) mass is 313 g/mol. The first kappa shape index (κ1) is 20.4. The van der Waals surface area contributed by atoms with Crippen molar-refractivity contribution in [1.29, 1.82) is 0 Å². The Hall–Kier alpha value is -1.59. The highest BCUT2D eigenvalue weighted by molar-refractivity contribution is 5.75. The zero-order chi connectivity index (χ0) is 16.6. The Bertz CT molecular complexity index is 333. The van der Waals surface area contributed by atoms with E-state index in [0.717, 1.165) is 58.0 Å². The molecule has 6 nitrogen and oxygen atoms in total. The Labute approximate surface area is 133 Å². The van der Waals surface area contributed by atoms with Crippen molar-refractivity contribution in [1.82, 2.24) is 16.0 Å². The third kappa shape index (κ3) is 16.5. The van der Waals surface area contributed by atoms with E-state index in [1.165, 1.54) is 13.8 Å². The molecule has 0 unspecified atom stereocenters. The van der Waals surface area contributed by atoms with Crippen molar-refractivity contribution >= 4 is 17.7 Å². The van der Waals surface area contributed by atoms with Crippen molar-refractivity contribution < 1.29 is 14.4 Å². The van der Waals surface area contributed by atoms with Gasteiger partial charge in [0.2, 0.25) is 17.7 Å². The Kier molecular flexibility index (Phi) is 13.3. The molecule has 0 atom stereocenters. The number of hydrogen-bond acceptors (Lipinski definition) is 3. The summed E-state index contributed by atoms with van der Waals surface area (Å²) in [5.74, 6) is 0.122. The van der Waals surface area contributed by atoms with Crippen molar-refractivity contribution in [2.75, 3.05) is 19.6 Å². The summed E-state index contributed by atoms with van der Waals surface area (Å²) in [6.45, 7) is 5.18. The third-order valence-corrected chi connectivity index (χ3v) is 3.25. The van der Waals surface area contributed by atoms with Crippen LogP contribution in [-0.4, -0.2) is 37.4 Å². The van der Waals surface area contributed by atoms with Gasteiger partial charge in [-0.05, 0) is 25.7 Å². The summed E-state index contributed by atoms with van der Waals surface area (Å²) >= 11 is 0. The van der Waals surface area contributed by atoms with E-state index in [9.17, 15) is 14.4 Å². The van der Waals surface area contributed by atoms with Crippen LogP contribution in [0.5, 0.6) is 0 Å². The number of hydrogen-bond donors (Lipinski definition) is 3. The smallest absolute Gasteiger partial charge is 0.219 e. The van der Waals surface area contributed by atoms with Crippen molar-refractivity contribution in [2.45, 2.75) is 65.2 Å². The second kappa shape index (κ2) is 14.4. The second-order valence-electron chi connectivity index (χ2n) is 5.54. The molecule has 0 aromatic heterocycles. The van der Waals surface area contributed by atoms with Crippen LogP contribution in [0, 0.1) is 0 Å². The van der Waals surface area contributed by atoms with Crippen LogP contribution in [0.2, 0.25) is 0 Å². The van der Waals surface area contributed by atoms with E-state index in [4.69, 9.17) is 0 Å². The van der Waals surface area contributed by atoms with Gasteiger partial charge >= 0.3 is 0 Å².